The predicted octanol–water partition coefficient (Wildman–Crippen LogP) is 4.09. The van der Waals surface area contributed by atoms with Crippen LogP contribution in [0.25, 0.3) is 0 Å². The van der Waals surface area contributed by atoms with E-state index in [0.717, 1.165) is 38.7 Å². The highest BCUT2D eigenvalue weighted by Crippen LogP contribution is 2.71. The van der Waals surface area contributed by atoms with Crippen LogP contribution in [0.4, 0.5) is 0 Å². The number of hydrogen-bond donors (Lipinski definition) is 2. The molecule has 0 aromatic carbocycles. The van der Waals surface area contributed by atoms with Gasteiger partial charge >= 0.3 is 0 Å². The molecule has 0 bridgehead atoms. The number of aliphatic hydroxyl groups excluding tert-OH is 1. The zero-order chi connectivity index (χ0) is 22.7. The number of fused-ring (bicyclic) bond motifs is 7. The van der Waals surface area contributed by atoms with Gasteiger partial charge in [-0.15, -0.1) is 0 Å². The Morgan fingerprint density at radius 2 is 1.81 bits per heavy atom. The lowest BCUT2D eigenvalue weighted by Gasteiger charge is -2.63. The number of Topliss-reactive ketones (excluding diaryl/α,β-unsaturated/α-hetero) is 1. The van der Waals surface area contributed by atoms with Gasteiger partial charge in [-0.1, -0.05) is 27.7 Å². The topological polar surface area (TPSA) is 76.0 Å². The minimum absolute atomic E-state index is 0.0173. The summed E-state index contributed by atoms with van der Waals surface area (Å²) in [6.07, 6.45) is 7.21. The molecule has 6 rings (SSSR count). The maximum atomic E-state index is 13.4. The normalized spacial score (nSPS) is 61.8. The Hall–Kier alpha value is -0.490. The molecule has 12 atom stereocenters. The predicted molar refractivity (Wildman–Crippen MR) is 120 cm³/mol. The Balaban J connectivity index is 1.30. The fourth-order valence-electron chi connectivity index (χ4n) is 10.0. The molecule has 6 aliphatic rings. The Morgan fingerprint density at radius 3 is 2.53 bits per heavy atom. The van der Waals surface area contributed by atoms with Crippen molar-refractivity contribution in [3.8, 4) is 0 Å². The lowest BCUT2D eigenvalue weighted by atomic mass is 9.42. The van der Waals surface area contributed by atoms with E-state index in [1.807, 2.05) is 0 Å². The van der Waals surface area contributed by atoms with Gasteiger partial charge in [-0.05, 0) is 73.5 Å². The Kier molecular flexibility index (Phi) is 4.68. The summed E-state index contributed by atoms with van der Waals surface area (Å²) in [5, 5.41) is 21.8. The number of rotatable bonds is 0. The molecule has 4 aliphatic carbocycles. The van der Waals surface area contributed by atoms with Gasteiger partial charge in [0.05, 0.1) is 18.8 Å². The number of ketones is 1. The highest BCUT2D eigenvalue weighted by Gasteiger charge is 2.72. The third-order valence-electron chi connectivity index (χ3n) is 11.9. The monoisotopic (exact) mass is 446 g/mol. The Bertz CT molecular complexity index is 804. The second kappa shape index (κ2) is 6.80. The molecule has 6 fully saturated rings. The van der Waals surface area contributed by atoms with Crippen LogP contribution < -0.4 is 0 Å². The fraction of sp³-hybridized carbons (Fsp3) is 0.963. The molecule has 5 nitrogen and oxygen atoms in total. The number of carbonyl (C=O) groups is 1. The summed E-state index contributed by atoms with van der Waals surface area (Å²) in [5.74, 6) is 2.20. The summed E-state index contributed by atoms with van der Waals surface area (Å²) in [4.78, 5) is 13.4. The van der Waals surface area contributed by atoms with Crippen molar-refractivity contribution in [2.75, 3.05) is 6.61 Å². The van der Waals surface area contributed by atoms with Gasteiger partial charge in [0, 0.05) is 30.6 Å². The van der Waals surface area contributed by atoms with Crippen LogP contribution in [0, 0.1) is 46.3 Å². The molecular formula is C27H42O5. The van der Waals surface area contributed by atoms with Gasteiger partial charge in [0.25, 0.3) is 0 Å². The lowest BCUT2D eigenvalue weighted by molar-refractivity contribution is -0.273. The molecule has 5 heteroatoms. The Labute approximate surface area is 192 Å². The first-order valence-corrected chi connectivity index (χ1v) is 13.3. The van der Waals surface area contributed by atoms with E-state index in [0.29, 0.717) is 48.3 Å². The third kappa shape index (κ3) is 2.58. The third-order valence-corrected chi connectivity index (χ3v) is 11.9. The van der Waals surface area contributed by atoms with E-state index in [4.69, 9.17) is 9.47 Å². The molecule has 2 heterocycles. The van der Waals surface area contributed by atoms with E-state index in [1.165, 1.54) is 6.42 Å². The van der Waals surface area contributed by atoms with Crippen molar-refractivity contribution in [3.63, 3.8) is 0 Å². The van der Waals surface area contributed by atoms with Crippen molar-refractivity contribution in [1.82, 2.24) is 0 Å². The largest absolute Gasteiger partial charge is 0.393 e. The van der Waals surface area contributed by atoms with Crippen molar-refractivity contribution in [2.24, 2.45) is 46.3 Å². The number of ether oxygens (including phenoxy) is 2. The van der Waals surface area contributed by atoms with Crippen molar-refractivity contribution < 1.29 is 24.5 Å². The van der Waals surface area contributed by atoms with E-state index >= 15 is 0 Å². The highest BCUT2D eigenvalue weighted by atomic mass is 16.7. The van der Waals surface area contributed by atoms with Crippen molar-refractivity contribution in [2.45, 2.75) is 109 Å². The average Bonchev–Trinajstić information content (AvgIpc) is 3.18. The molecule has 180 valence electrons. The molecule has 2 N–H and O–H groups in total. The smallest absolute Gasteiger partial charge is 0.171 e. The van der Waals surface area contributed by atoms with Gasteiger partial charge in [0.1, 0.15) is 5.60 Å². The summed E-state index contributed by atoms with van der Waals surface area (Å²) in [6, 6.07) is 0. The number of hydrogen-bond acceptors (Lipinski definition) is 5. The maximum Gasteiger partial charge on any atom is 0.171 e. The molecule has 4 saturated carbocycles. The van der Waals surface area contributed by atoms with Gasteiger partial charge in [-0.25, -0.2) is 0 Å². The van der Waals surface area contributed by atoms with E-state index in [2.05, 4.69) is 27.7 Å². The zero-order valence-electron chi connectivity index (χ0n) is 20.3. The summed E-state index contributed by atoms with van der Waals surface area (Å²) < 4.78 is 13.2. The molecule has 32 heavy (non-hydrogen) atoms. The van der Waals surface area contributed by atoms with Gasteiger partial charge < -0.3 is 19.7 Å². The summed E-state index contributed by atoms with van der Waals surface area (Å²) >= 11 is 0. The van der Waals surface area contributed by atoms with Gasteiger partial charge in [0.15, 0.2) is 11.6 Å². The molecule has 0 aromatic heterocycles. The van der Waals surface area contributed by atoms with Crippen LogP contribution in [0.2, 0.25) is 0 Å². The fourth-order valence-corrected chi connectivity index (χ4v) is 10.0. The van der Waals surface area contributed by atoms with Crippen LogP contribution >= 0.6 is 0 Å². The van der Waals surface area contributed by atoms with Crippen molar-refractivity contribution in [1.29, 1.82) is 0 Å². The summed E-state index contributed by atoms with van der Waals surface area (Å²) in [5.41, 5.74) is -1.60. The quantitative estimate of drug-likeness (QED) is 0.586. The van der Waals surface area contributed by atoms with Gasteiger partial charge in [-0.3, -0.25) is 4.79 Å². The molecule has 0 aromatic rings. The average molecular weight is 447 g/mol. The highest BCUT2D eigenvalue weighted by molar-refractivity contribution is 5.89. The van der Waals surface area contributed by atoms with Gasteiger partial charge in [0.2, 0.25) is 0 Å². The van der Waals surface area contributed by atoms with Crippen LogP contribution in [0.1, 0.15) is 85.5 Å². The van der Waals surface area contributed by atoms with E-state index < -0.39 is 22.9 Å². The van der Waals surface area contributed by atoms with E-state index in [-0.39, 0.29) is 23.7 Å². The van der Waals surface area contributed by atoms with E-state index in [1.54, 1.807) is 0 Å². The molecule has 0 radical (unpaired) electrons. The van der Waals surface area contributed by atoms with E-state index in [9.17, 15) is 15.0 Å². The minimum Gasteiger partial charge on any atom is -0.393 e. The number of carbonyl (C=O) groups excluding carboxylic acids is 1. The molecule has 2 aliphatic heterocycles. The zero-order valence-corrected chi connectivity index (χ0v) is 20.3. The standard InChI is InChI=1S/C27H42O5/c1-15-5-10-27(31-14-15)16(2)23-21(32-27)12-20-18-11-22(29)26(30)13-17(28)6-9-25(26,4)19(18)7-8-24(20,23)3/h15-21,23,28,30H,5-14H2,1-4H3/t15?,16-,17-,18+,19-,20-,21-,23-,24-,25+,26-,27+/m0/s1. The first-order valence-electron chi connectivity index (χ1n) is 13.3. The lowest BCUT2D eigenvalue weighted by Crippen LogP contribution is -2.67. The molecule has 1 spiro atoms. The van der Waals surface area contributed by atoms with Gasteiger partial charge in [-0.2, -0.15) is 0 Å². The molecule has 1 unspecified atom stereocenters. The first-order chi connectivity index (χ1) is 15.0. The first kappa shape index (κ1) is 22.0. The summed E-state index contributed by atoms with van der Waals surface area (Å²) in [7, 11) is 0. The maximum absolute atomic E-state index is 13.4. The minimum atomic E-state index is -1.35. The van der Waals surface area contributed by atoms with Crippen molar-refractivity contribution in [3.05, 3.63) is 0 Å². The SMILES string of the molecule is CC1CC[C@@]2(OC1)O[C@H]1C[C@H]3[C@@H]4CC(=O)[C@@]5(O)C[C@@H](O)CC[C@]5(C)[C@H]4CC[C@]3(C)[C@H]1[C@@H]2C. The summed E-state index contributed by atoms with van der Waals surface area (Å²) in [6.45, 7) is 10.0. The van der Waals surface area contributed by atoms with Crippen molar-refractivity contribution >= 4 is 5.78 Å². The second-order valence-electron chi connectivity index (χ2n) is 13.2. The Morgan fingerprint density at radius 1 is 1.03 bits per heavy atom. The molecule has 0 amide bonds. The van der Waals surface area contributed by atoms with Crippen LogP contribution in [0.5, 0.6) is 0 Å². The van der Waals surface area contributed by atoms with Crippen LogP contribution in [0.15, 0.2) is 0 Å². The number of aliphatic hydroxyl groups is 2. The van der Waals surface area contributed by atoms with Crippen LogP contribution in [-0.2, 0) is 14.3 Å². The second-order valence-corrected chi connectivity index (χ2v) is 13.2. The molecule has 2 saturated heterocycles. The van der Waals surface area contributed by atoms with Crippen LogP contribution in [-0.4, -0.2) is 46.2 Å². The molecular weight excluding hydrogens is 404 g/mol. The van der Waals surface area contributed by atoms with Crippen LogP contribution in [0.3, 0.4) is 0 Å².